The molecule has 2 aromatic heterocycles. The Balaban J connectivity index is 1.54. The van der Waals surface area contributed by atoms with Gasteiger partial charge in [-0.2, -0.15) is 10.1 Å². The van der Waals surface area contributed by atoms with Gasteiger partial charge in [-0.25, -0.2) is 0 Å². The van der Waals surface area contributed by atoms with E-state index >= 15 is 0 Å². The molecule has 1 amide bonds. The molecule has 4 rings (SSSR count). The molecular formula is C18H19N5O3. The summed E-state index contributed by atoms with van der Waals surface area (Å²) in [5.74, 6) is 1.67. The van der Waals surface area contributed by atoms with Crippen molar-refractivity contribution in [2.75, 3.05) is 6.61 Å². The summed E-state index contributed by atoms with van der Waals surface area (Å²) in [7, 11) is 1.75. The molecule has 0 saturated carbocycles. The van der Waals surface area contributed by atoms with E-state index in [0.29, 0.717) is 30.4 Å². The molecule has 1 N–H and O–H groups in total. The minimum absolute atomic E-state index is 0.176. The highest BCUT2D eigenvalue weighted by Crippen LogP contribution is 2.35. The van der Waals surface area contributed by atoms with Crippen molar-refractivity contribution in [1.82, 2.24) is 25.2 Å². The van der Waals surface area contributed by atoms with Crippen molar-refractivity contribution in [1.29, 1.82) is 0 Å². The fourth-order valence-electron chi connectivity index (χ4n) is 3.04. The minimum atomic E-state index is -0.210. The topological polar surface area (TPSA) is 95.1 Å². The molecule has 0 bridgehead atoms. The number of aryl methyl sites for hydroxylation is 3. The number of fused-ring (bicyclic) bond motifs is 1. The smallest absolute Gasteiger partial charge is 0.270 e. The van der Waals surface area contributed by atoms with Crippen LogP contribution in [0.15, 0.2) is 28.8 Å². The van der Waals surface area contributed by atoms with Crippen LogP contribution in [0.2, 0.25) is 0 Å². The molecular weight excluding hydrogens is 334 g/mol. The monoisotopic (exact) mass is 353 g/mol. The molecule has 3 aromatic rings. The van der Waals surface area contributed by atoms with Crippen molar-refractivity contribution in [2.45, 2.75) is 26.3 Å². The van der Waals surface area contributed by atoms with Gasteiger partial charge in [-0.15, -0.1) is 0 Å². The lowest BCUT2D eigenvalue weighted by atomic mass is 10.1. The summed E-state index contributed by atoms with van der Waals surface area (Å²) in [4.78, 5) is 16.8. The van der Waals surface area contributed by atoms with E-state index in [1.807, 2.05) is 32.0 Å². The Labute approximate surface area is 150 Å². The lowest BCUT2D eigenvalue weighted by Crippen LogP contribution is -2.30. The lowest BCUT2D eigenvalue weighted by Gasteiger charge is -2.11. The van der Waals surface area contributed by atoms with Gasteiger partial charge in [-0.05, 0) is 19.1 Å². The first-order valence-electron chi connectivity index (χ1n) is 8.46. The molecule has 1 aliphatic heterocycles. The van der Waals surface area contributed by atoms with Crippen molar-refractivity contribution in [2.24, 2.45) is 7.05 Å². The number of nitrogens with zero attached hydrogens (tertiary/aromatic N) is 4. The van der Waals surface area contributed by atoms with Crippen LogP contribution in [0.1, 0.15) is 40.6 Å². The molecule has 0 unspecified atom stereocenters. The molecule has 8 heteroatoms. The second kappa shape index (κ2) is 6.29. The van der Waals surface area contributed by atoms with E-state index in [1.165, 1.54) is 0 Å². The number of carbonyl (C=O) groups excluding carboxylic acids is 1. The highest BCUT2D eigenvalue weighted by atomic mass is 16.5. The molecule has 0 radical (unpaired) electrons. The molecule has 0 fully saturated rings. The van der Waals surface area contributed by atoms with Crippen LogP contribution in [0.25, 0.3) is 11.4 Å². The van der Waals surface area contributed by atoms with Crippen LogP contribution in [-0.4, -0.2) is 32.4 Å². The quantitative estimate of drug-likeness (QED) is 0.773. The van der Waals surface area contributed by atoms with Gasteiger partial charge >= 0.3 is 0 Å². The van der Waals surface area contributed by atoms with Crippen LogP contribution in [0.4, 0.5) is 0 Å². The van der Waals surface area contributed by atoms with Crippen molar-refractivity contribution >= 4 is 5.91 Å². The van der Waals surface area contributed by atoms with Gasteiger partial charge in [0.1, 0.15) is 18.1 Å². The number of ether oxygens (including phenoxy) is 1. The summed E-state index contributed by atoms with van der Waals surface area (Å²) in [5.41, 5.74) is 3.07. The number of benzene rings is 1. The zero-order valence-electron chi connectivity index (χ0n) is 14.8. The van der Waals surface area contributed by atoms with Crippen LogP contribution < -0.4 is 10.1 Å². The van der Waals surface area contributed by atoms with Crippen molar-refractivity contribution in [3.63, 3.8) is 0 Å². The number of hydrogen-bond donors (Lipinski definition) is 1. The first-order chi connectivity index (χ1) is 12.5. The number of hydrogen-bond acceptors (Lipinski definition) is 6. The number of nitrogens with one attached hydrogen (secondary N) is 1. The van der Waals surface area contributed by atoms with E-state index in [-0.39, 0.29) is 11.9 Å². The Morgan fingerprint density at radius 2 is 2.23 bits per heavy atom. The van der Waals surface area contributed by atoms with Crippen LogP contribution in [-0.2, 0) is 13.5 Å². The Morgan fingerprint density at radius 1 is 1.38 bits per heavy atom. The molecule has 8 nitrogen and oxygen atoms in total. The number of rotatable bonds is 4. The molecule has 1 aromatic carbocycles. The molecule has 0 aliphatic carbocycles. The molecule has 1 aliphatic rings. The number of carbonyl (C=O) groups is 1. The number of aromatic nitrogens is 4. The van der Waals surface area contributed by atoms with Crippen LogP contribution in [0.5, 0.6) is 5.75 Å². The fourth-order valence-corrected chi connectivity index (χ4v) is 3.04. The third kappa shape index (κ3) is 2.83. The van der Waals surface area contributed by atoms with Gasteiger partial charge in [-0.1, -0.05) is 24.2 Å². The number of amides is 1. The minimum Gasteiger partial charge on any atom is -0.491 e. The van der Waals surface area contributed by atoms with Crippen molar-refractivity contribution in [3.8, 4) is 17.1 Å². The van der Waals surface area contributed by atoms with E-state index in [2.05, 4.69) is 20.6 Å². The van der Waals surface area contributed by atoms with Gasteiger partial charge in [0.2, 0.25) is 11.7 Å². The molecule has 0 saturated heterocycles. The SMILES string of the molecule is CCc1nc(-c2ccc3c(c2)OC[C@H]3NC(=O)c2cc(C)nn2C)no1. The molecule has 134 valence electrons. The largest absolute Gasteiger partial charge is 0.491 e. The standard InChI is InChI=1S/C18H19N5O3/c1-4-16-20-17(22-26-16)11-5-6-12-13(9-25-15(12)8-11)19-18(24)14-7-10(2)21-23(14)3/h5-8,13H,4,9H2,1-3H3,(H,19,24)/t13-/m1/s1. The van der Waals surface area contributed by atoms with E-state index < -0.39 is 0 Å². The van der Waals surface area contributed by atoms with Crippen molar-refractivity contribution < 1.29 is 14.1 Å². The van der Waals surface area contributed by atoms with Crippen LogP contribution in [0, 0.1) is 6.92 Å². The van der Waals surface area contributed by atoms with Gasteiger partial charge in [0.25, 0.3) is 5.91 Å². The maximum Gasteiger partial charge on any atom is 0.270 e. The highest BCUT2D eigenvalue weighted by Gasteiger charge is 2.27. The van der Waals surface area contributed by atoms with Gasteiger partial charge in [0.05, 0.1) is 11.7 Å². The zero-order chi connectivity index (χ0) is 18.3. The van der Waals surface area contributed by atoms with Gasteiger partial charge in [-0.3, -0.25) is 9.48 Å². The average Bonchev–Trinajstić information content (AvgIpc) is 3.33. The summed E-state index contributed by atoms with van der Waals surface area (Å²) in [6.45, 7) is 4.20. The maximum atomic E-state index is 12.5. The van der Waals surface area contributed by atoms with Crippen LogP contribution >= 0.6 is 0 Å². The van der Waals surface area contributed by atoms with E-state index in [4.69, 9.17) is 9.26 Å². The van der Waals surface area contributed by atoms with E-state index in [9.17, 15) is 4.79 Å². The predicted octanol–water partition coefficient (Wildman–Crippen LogP) is 2.20. The summed E-state index contributed by atoms with van der Waals surface area (Å²) in [5, 5.41) is 11.2. The zero-order valence-corrected chi connectivity index (χ0v) is 14.8. The highest BCUT2D eigenvalue weighted by molar-refractivity contribution is 5.93. The lowest BCUT2D eigenvalue weighted by molar-refractivity contribution is 0.0920. The third-order valence-corrected chi connectivity index (χ3v) is 4.36. The Kier molecular flexibility index (Phi) is 3.95. The van der Waals surface area contributed by atoms with Gasteiger partial charge in [0, 0.05) is 24.6 Å². The van der Waals surface area contributed by atoms with E-state index in [1.54, 1.807) is 17.8 Å². The second-order valence-corrected chi connectivity index (χ2v) is 6.25. The predicted molar refractivity (Wildman–Crippen MR) is 92.8 cm³/mol. The molecule has 26 heavy (non-hydrogen) atoms. The summed E-state index contributed by atoms with van der Waals surface area (Å²) < 4.78 is 12.5. The third-order valence-electron chi connectivity index (χ3n) is 4.36. The Bertz CT molecular complexity index is 975. The first-order valence-corrected chi connectivity index (χ1v) is 8.46. The first kappa shape index (κ1) is 16.3. The van der Waals surface area contributed by atoms with Crippen LogP contribution in [0.3, 0.4) is 0 Å². The Morgan fingerprint density at radius 3 is 2.92 bits per heavy atom. The molecule has 0 spiro atoms. The normalized spacial score (nSPS) is 15.6. The maximum absolute atomic E-state index is 12.5. The fraction of sp³-hybridized carbons (Fsp3) is 0.333. The molecule has 3 heterocycles. The average molecular weight is 353 g/mol. The summed E-state index contributed by atoms with van der Waals surface area (Å²) >= 11 is 0. The van der Waals surface area contributed by atoms with Gasteiger partial charge < -0.3 is 14.6 Å². The summed E-state index contributed by atoms with van der Waals surface area (Å²) in [6, 6.07) is 7.26. The van der Waals surface area contributed by atoms with E-state index in [0.717, 1.165) is 22.6 Å². The molecule has 1 atom stereocenters. The second-order valence-electron chi connectivity index (χ2n) is 6.25. The Hall–Kier alpha value is -3.16. The summed E-state index contributed by atoms with van der Waals surface area (Å²) in [6.07, 6.45) is 0.691. The van der Waals surface area contributed by atoms with Gasteiger partial charge in [0.15, 0.2) is 0 Å². The van der Waals surface area contributed by atoms with Crippen molar-refractivity contribution in [3.05, 3.63) is 47.1 Å².